The van der Waals surface area contributed by atoms with E-state index in [1.807, 2.05) is 19.1 Å². The van der Waals surface area contributed by atoms with Crippen molar-refractivity contribution in [2.24, 2.45) is 5.92 Å². The van der Waals surface area contributed by atoms with E-state index in [0.29, 0.717) is 12.5 Å². The van der Waals surface area contributed by atoms with Crippen LogP contribution in [0.15, 0.2) is 24.3 Å². The summed E-state index contributed by atoms with van der Waals surface area (Å²) in [6.45, 7) is 14.6. The molecule has 0 amide bonds. The molecule has 1 saturated heterocycles. The molecule has 27 heavy (non-hydrogen) atoms. The van der Waals surface area contributed by atoms with E-state index in [9.17, 15) is 0 Å². The maximum atomic E-state index is 5.69. The first-order valence-corrected chi connectivity index (χ1v) is 10.5. The van der Waals surface area contributed by atoms with Gasteiger partial charge in [0.05, 0.1) is 19.8 Å². The van der Waals surface area contributed by atoms with Gasteiger partial charge in [-0.1, -0.05) is 26.0 Å². The molecule has 0 aromatic heterocycles. The second-order valence-corrected chi connectivity index (χ2v) is 7.77. The van der Waals surface area contributed by atoms with Crippen molar-refractivity contribution in [1.29, 1.82) is 0 Å². The summed E-state index contributed by atoms with van der Waals surface area (Å²) in [7, 11) is 0. The molecule has 152 valence electrons. The van der Waals surface area contributed by atoms with E-state index in [4.69, 9.17) is 21.7 Å². The van der Waals surface area contributed by atoms with Gasteiger partial charge in [0.2, 0.25) is 0 Å². The van der Waals surface area contributed by atoms with E-state index in [-0.39, 0.29) is 0 Å². The molecule has 0 aliphatic carbocycles. The van der Waals surface area contributed by atoms with Gasteiger partial charge in [0.1, 0.15) is 5.75 Å². The lowest BCUT2D eigenvalue weighted by molar-refractivity contribution is 0.0367. The molecular weight excluding hydrogens is 358 g/mol. The summed E-state index contributed by atoms with van der Waals surface area (Å²) in [5, 5.41) is 4.27. The van der Waals surface area contributed by atoms with Crippen LogP contribution in [-0.4, -0.2) is 67.5 Å². The van der Waals surface area contributed by atoms with Gasteiger partial charge in [0.25, 0.3) is 0 Å². The third-order valence-electron chi connectivity index (χ3n) is 4.56. The summed E-state index contributed by atoms with van der Waals surface area (Å²) in [5.41, 5.74) is 1.25. The predicted octanol–water partition coefficient (Wildman–Crippen LogP) is 3.14. The van der Waals surface area contributed by atoms with Gasteiger partial charge in [-0.3, -0.25) is 4.90 Å². The zero-order valence-electron chi connectivity index (χ0n) is 17.1. The normalized spacial score (nSPS) is 15.0. The highest BCUT2D eigenvalue weighted by Gasteiger charge is 2.14. The van der Waals surface area contributed by atoms with Crippen LogP contribution in [0.3, 0.4) is 0 Å². The third kappa shape index (κ3) is 8.45. The molecule has 0 unspecified atom stereocenters. The predicted molar refractivity (Wildman–Crippen MR) is 115 cm³/mol. The molecule has 0 radical (unpaired) electrons. The zero-order valence-corrected chi connectivity index (χ0v) is 17.9. The summed E-state index contributed by atoms with van der Waals surface area (Å²) in [6.07, 6.45) is 1.10. The van der Waals surface area contributed by atoms with Crippen LogP contribution in [0.25, 0.3) is 0 Å². The summed E-state index contributed by atoms with van der Waals surface area (Å²) in [4.78, 5) is 4.76. The van der Waals surface area contributed by atoms with Gasteiger partial charge in [0.15, 0.2) is 5.11 Å². The van der Waals surface area contributed by atoms with Crippen molar-refractivity contribution in [3.63, 3.8) is 0 Å². The molecule has 0 atom stereocenters. The standard InChI is InChI=1S/C21H35N3O2S/c1-4-26-20-8-6-19(7-9-20)17-24(21(27)22-16-18(2)3)11-5-10-23-12-14-25-15-13-23/h6-9,18H,4-5,10-17H2,1-3H3,(H,22,27). The molecular formula is C21H35N3O2S. The van der Waals surface area contributed by atoms with Gasteiger partial charge in [-0.25, -0.2) is 0 Å². The minimum atomic E-state index is 0.573. The first-order chi connectivity index (χ1) is 13.1. The Morgan fingerprint density at radius 1 is 1.26 bits per heavy atom. The quantitative estimate of drug-likeness (QED) is 0.616. The van der Waals surface area contributed by atoms with Crippen LogP contribution in [0.1, 0.15) is 32.8 Å². The number of thiocarbonyl (C=S) groups is 1. The first kappa shape index (κ1) is 21.9. The fraction of sp³-hybridized carbons (Fsp3) is 0.667. The van der Waals surface area contributed by atoms with Crippen molar-refractivity contribution in [3.8, 4) is 5.75 Å². The summed E-state index contributed by atoms with van der Waals surface area (Å²) in [5.74, 6) is 1.49. The third-order valence-corrected chi connectivity index (χ3v) is 4.97. The van der Waals surface area contributed by atoms with Crippen molar-refractivity contribution < 1.29 is 9.47 Å². The van der Waals surface area contributed by atoms with Crippen LogP contribution in [0.4, 0.5) is 0 Å². The Morgan fingerprint density at radius 3 is 2.59 bits per heavy atom. The second kappa shape index (κ2) is 12.2. The molecule has 1 aliphatic heterocycles. The van der Waals surface area contributed by atoms with Gasteiger partial charge < -0.3 is 19.7 Å². The lowest BCUT2D eigenvalue weighted by atomic mass is 10.2. The van der Waals surface area contributed by atoms with E-state index >= 15 is 0 Å². The molecule has 0 saturated carbocycles. The highest BCUT2D eigenvalue weighted by molar-refractivity contribution is 7.80. The summed E-state index contributed by atoms with van der Waals surface area (Å²) >= 11 is 5.69. The Kier molecular flexibility index (Phi) is 9.87. The molecule has 1 heterocycles. The van der Waals surface area contributed by atoms with Crippen molar-refractivity contribution >= 4 is 17.3 Å². The van der Waals surface area contributed by atoms with Crippen molar-refractivity contribution in [3.05, 3.63) is 29.8 Å². The fourth-order valence-corrected chi connectivity index (χ4v) is 3.28. The number of rotatable bonds is 10. The molecule has 1 fully saturated rings. The van der Waals surface area contributed by atoms with Crippen LogP contribution < -0.4 is 10.1 Å². The monoisotopic (exact) mass is 393 g/mol. The second-order valence-electron chi connectivity index (χ2n) is 7.39. The minimum absolute atomic E-state index is 0.573. The Balaban J connectivity index is 1.90. The number of hydrogen-bond acceptors (Lipinski definition) is 4. The van der Waals surface area contributed by atoms with E-state index in [2.05, 4.69) is 41.1 Å². The van der Waals surface area contributed by atoms with E-state index in [1.54, 1.807) is 0 Å². The highest BCUT2D eigenvalue weighted by atomic mass is 32.1. The van der Waals surface area contributed by atoms with Gasteiger partial charge in [-0.15, -0.1) is 0 Å². The largest absolute Gasteiger partial charge is 0.494 e. The van der Waals surface area contributed by atoms with Crippen LogP contribution in [0.2, 0.25) is 0 Å². The van der Waals surface area contributed by atoms with Crippen LogP contribution in [0, 0.1) is 5.92 Å². The van der Waals surface area contributed by atoms with Crippen LogP contribution in [0.5, 0.6) is 5.75 Å². The topological polar surface area (TPSA) is 37.0 Å². The molecule has 6 heteroatoms. The smallest absolute Gasteiger partial charge is 0.169 e. The lowest BCUT2D eigenvalue weighted by Gasteiger charge is -2.30. The molecule has 1 aromatic carbocycles. The highest BCUT2D eigenvalue weighted by Crippen LogP contribution is 2.14. The van der Waals surface area contributed by atoms with Gasteiger partial charge in [0, 0.05) is 39.3 Å². The van der Waals surface area contributed by atoms with Crippen molar-refractivity contribution in [2.75, 3.05) is 52.5 Å². The van der Waals surface area contributed by atoms with Crippen LogP contribution in [-0.2, 0) is 11.3 Å². The Labute approximate surface area is 170 Å². The zero-order chi connectivity index (χ0) is 19.5. The average Bonchev–Trinajstić information content (AvgIpc) is 2.68. The number of ether oxygens (including phenoxy) is 2. The number of nitrogens with one attached hydrogen (secondary N) is 1. The molecule has 1 N–H and O–H groups in total. The first-order valence-electron chi connectivity index (χ1n) is 10.1. The average molecular weight is 394 g/mol. The molecule has 1 aromatic rings. The fourth-order valence-electron chi connectivity index (χ4n) is 3.04. The number of nitrogens with zero attached hydrogens (tertiary/aromatic N) is 2. The maximum Gasteiger partial charge on any atom is 0.169 e. The van der Waals surface area contributed by atoms with E-state index in [0.717, 1.165) is 69.8 Å². The Morgan fingerprint density at radius 2 is 1.96 bits per heavy atom. The van der Waals surface area contributed by atoms with E-state index in [1.165, 1.54) is 5.56 Å². The molecule has 5 nitrogen and oxygen atoms in total. The van der Waals surface area contributed by atoms with Crippen molar-refractivity contribution in [2.45, 2.75) is 33.7 Å². The van der Waals surface area contributed by atoms with Gasteiger partial charge in [-0.05, 0) is 49.2 Å². The molecule has 0 bridgehead atoms. The number of morpholine rings is 1. The van der Waals surface area contributed by atoms with Gasteiger partial charge in [-0.2, -0.15) is 0 Å². The summed E-state index contributed by atoms with van der Waals surface area (Å²) in [6, 6.07) is 8.33. The minimum Gasteiger partial charge on any atom is -0.494 e. The van der Waals surface area contributed by atoms with E-state index < -0.39 is 0 Å². The molecule has 1 aliphatic rings. The summed E-state index contributed by atoms with van der Waals surface area (Å²) < 4.78 is 11.0. The molecule has 2 rings (SSSR count). The maximum absolute atomic E-state index is 5.69. The Bertz CT molecular complexity index is 545. The number of hydrogen-bond donors (Lipinski definition) is 1. The lowest BCUT2D eigenvalue weighted by Crippen LogP contribution is -2.43. The number of benzene rings is 1. The SMILES string of the molecule is CCOc1ccc(CN(CCCN2CCOCC2)C(=S)NCC(C)C)cc1. The van der Waals surface area contributed by atoms with Gasteiger partial charge >= 0.3 is 0 Å². The molecule has 0 spiro atoms. The van der Waals surface area contributed by atoms with Crippen molar-refractivity contribution in [1.82, 2.24) is 15.1 Å². The Hall–Kier alpha value is -1.37. The van der Waals surface area contributed by atoms with Crippen LogP contribution >= 0.6 is 12.2 Å².